The monoisotopic (exact) mass is 214 g/mol. The van der Waals surface area contributed by atoms with E-state index in [0.717, 1.165) is 16.3 Å². The molecule has 3 heteroatoms. The minimum Gasteiger partial charge on any atom is -0.358 e. The van der Waals surface area contributed by atoms with Crippen LogP contribution in [-0.2, 0) is 4.79 Å². The highest BCUT2D eigenvalue weighted by molar-refractivity contribution is 5.87. The molecule has 2 aromatic carbocycles. The van der Waals surface area contributed by atoms with E-state index in [1.54, 1.807) is 7.05 Å². The van der Waals surface area contributed by atoms with Gasteiger partial charge in [-0.15, -0.1) is 0 Å². The first kappa shape index (κ1) is 10.6. The molecule has 3 N–H and O–H groups in total. The number of hydrogen-bond acceptors (Lipinski definition) is 2. The average Bonchev–Trinajstić information content (AvgIpc) is 2.36. The SMILES string of the molecule is CNC(=O)C(N)c1ccc2ccccc2c1. The van der Waals surface area contributed by atoms with Crippen LogP contribution in [0, 0.1) is 0 Å². The van der Waals surface area contributed by atoms with E-state index in [4.69, 9.17) is 5.73 Å². The summed E-state index contributed by atoms with van der Waals surface area (Å²) in [7, 11) is 1.59. The number of benzene rings is 2. The number of carbonyl (C=O) groups is 1. The molecule has 0 aliphatic rings. The molecule has 82 valence electrons. The Balaban J connectivity index is 2.43. The number of likely N-dealkylation sites (N-methyl/N-ethyl adjacent to an activating group) is 1. The minimum atomic E-state index is -0.602. The second kappa shape index (κ2) is 4.33. The molecular weight excluding hydrogens is 200 g/mol. The van der Waals surface area contributed by atoms with Gasteiger partial charge in [-0.3, -0.25) is 4.79 Å². The van der Waals surface area contributed by atoms with Crippen molar-refractivity contribution in [1.82, 2.24) is 5.32 Å². The number of nitrogens with two attached hydrogens (primary N) is 1. The van der Waals surface area contributed by atoms with E-state index in [1.165, 1.54) is 0 Å². The van der Waals surface area contributed by atoms with E-state index in [2.05, 4.69) is 5.32 Å². The highest BCUT2D eigenvalue weighted by Crippen LogP contribution is 2.19. The van der Waals surface area contributed by atoms with Crippen molar-refractivity contribution in [3.05, 3.63) is 48.0 Å². The molecule has 0 saturated carbocycles. The minimum absolute atomic E-state index is 0.171. The van der Waals surface area contributed by atoms with Crippen molar-refractivity contribution in [2.45, 2.75) is 6.04 Å². The van der Waals surface area contributed by atoms with Crippen LogP contribution in [0.25, 0.3) is 10.8 Å². The number of rotatable bonds is 2. The summed E-state index contributed by atoms with van der Waals surface area (Å²) in [4.78, 5) is 11.4. The second-order valence-corrected chi connectivity index (χ2v) is 3.70. The van der Waals surface area contributed by atoms with Gasteiger partial charge < -0.3 is 11.1 Å². The first-order valence-electron chi connectivity index (χ1n) is 5.18. The average molecular weight is 214 g/mol. The lowest BCUT2D eigenvalue weighted by atomic mass is 10.0. The zero-order chi connectivity index (χ0) is 11.5. The van der Waals surface area contributed by atoms with Crippen LogP contribution >= 0.6 is 0 Å². The quantitative estimate of drug-likeness (QED) is 0.797. The molecule has 3 nitrogen and oxygen atoms in total. The van der Waals surface area contributed by atoms with Gasteiger partial charge in [-0.05, 0) is 22.4 Å². The third-order valence-electron chi connectivity index (χ3n) is 2.66. The molecule has 0 aromatic heterocycles. The number of amides is 1. The van der Waals surface area contributed by atoms with Crippen molar-refractivity contribution < 1.29 is 4.79 Å². The van der Waals surface area contributed by atoms with Gasteiger partial charge in [0.25, 0.3) is 0 Å². The molecule has 0 spiro atoms. The standard InChI is InChI=1S/C13H14N2O/c1-15-13(16)12(14)11-7-6-9-4-2-3-5-10(9)8-11/h2-8,12H,14H2,1H3,(H,15,16). The predicted molar refractivity (Wildman–Crippen MR) is 64.9 cm³/mol. The van der Waals surface area contributed by atoms with Crippen molar-refractivity contribution >= 4 is 16.7 Å². The zero-order valence-electron chi connectivity index (χ0n) is 9.10. The van der Waals surface area contributed by atoms with E-state index in [9.17, 15) is 4.79 Å². The molecule has 1 atom stereocenters. The van der Waals surface area contributed by atoms with Gasteiger partial charge in [0.1, 0.15) is 6.04 Å². The van der Waals surface area contributed by atoms with Gasteiger partial charge in [0, 0.05) is 7.05 Å². The molecule has 2 aromatic rings. The lowest BCUT2D eigenvalue weighted by Crippen LogP contribution is -2.31. The summed E-state index contributed by atoms with van der Waals surface area (Å²) in [5, 5.41) is 4.79. The van der Waals surface area contributed by atoms with Gasteiger partial charge in [0.05, 0.1) is 0 Å². The van der Waals surface area contributed by atoms with E-state index >= 15 is 0 Å². The molecule has 0 aliphatic heterocycles. The van der Waals surface area contributed by atoms with Gasteiger partial charge in [-0.2, -0.15) is 0 Å². The van der Waals surface area contributed by atoms with Crippen LogP contribution in [0.3, 0.4) is 0 Å². The highest BCUT2D eigenvalue weighted by Gasteiger charge is 2.13. The lowest BCUT2D eigenvalue weighted by Gasteiger charge is -2.11. The van der Waals surface area contributed by atoms with Crippen molar-refractivity contribution in [2.75, 3.05) is 7.05 Å². The molecule has 1 amide bonds. The Kier molecular flexibility index (Phi) is 2.88. The number of fused-ring (bicyclic) bond motifs is 1. The fourth-order valence-corrected chi connectivity index (χ4v) is 1.71. The summed E-state index contributed by atoms with van der Waals surface area (Å²) >= 11 is 0. The van der Waals surface area contributed by atoms with E-state index in [0.29, 0.717) is 0 Å². The maximum absolute atomic E-state index is 11.4. The summed E-state index contributed by atoms with van der Waals surface area (Å²) in [5.74, 6) is -0.171. The van der Waals surface area contributed by atoms with Crippen LogP contribution in [0.5, 0.6) is 0 Å². The van der Waals surface area contributed by atoms with Crippen molar-refractivity contribution in [1.29, 1.82) is 0 Å². The number of carbonyl (C=O) groups excluding carboxylic acids is 1. The molecule has 16 heavy (non-hydrogen) atoms. The summed E-state index contributed by atoms with van der Waals surface area (Å²) < 4.78 is 0. The topological polar surface area (TPSA) is 55.1 Å². The number of hydrogen-bond donors (Lipinski definition) is 2. The molecule has 2 rings (SSSR count). The molecular formula is C13H14N2O. The summed E-state index contributed by atoms with van der Waals surface area (Å²) in [6.07, 6.45) is 0. The third kappa shape index (κ3) is 1.90. The number of nitrogens with one attached hydrogen (secondary N) is 1. The summed E-state index contributed by atoms with van der Waals surface area (Å²) in [6, 6.07) is 13.2. The van der Waals surface area contributed by atoms with E-state index in [1.807, 2.05) is 42.5 Å². The molecule has 0 saturated heterocycles. The maximum atomic E-state index is 11.4. The lowest BCUT2D eigenvalue weighted by molar-refractivity contribution is -0.121. The molecule has 0 bridgehead atoms. The van der Waals surface area contributed by atoms with Crippen molar-refractivity contribution in [2.24, 2.45) is 5.73 Å². The third-order valence-corrected chi connectivity index (χ3v) is 2.66. The fraction of sp³-hybridized carbons (Fsp3) is 0.154. The molecule has 0 heterocycles. The Morgan fingerprint density at radius 1 is 1.19 bits per heavy atom. The molecule has 1 unspecified atom stereocenters. The van der Waals surface area contributed by atoms with Crippen LogP contribution in [0.15, 0.2) is 42.5 Å². The molecule has 0 aliphatic carbocycles. The van der Waals surface area contributed by atoms with E-state index < -0.39 is 6.04 Å². The highest BCUT2D eigenvalue weighted by atomic mass is 16.2. The fourth-order valence-electron chi connectivity index (χ4n) is 1.71. The first-order valence-corrected chi connectivity index (χ1v) is 5.18. The maximum Gasteiger partial charge on any atom is 0.241 e. The Labute approximate surface area is 94.3 Å². The zero-order valence-corrected chi connectivity index (χ0v) is 9.10. The van der Waals surface area contributed by atoms with Crippen LogP contribution in [0.4, 0.5) is 0 Å². The van der Waals surface area contributed by atoms with Crippen LogP contribution in [-0.4, -0.2) is 13.0 Å². The molecule has 0 fully saturated rings. The van der Waals surface area contributed by atoms with Gasteiger partial charge in [-0.1, -0.05) is 36.4 Å². The van der Waals surface area contributed by atoms with Crippen LogP contribution in [0.2, 0.25) is 0 Å². The van der Waals surface area contributed by atoms with Gasteiger partial charge in [-0.25, -0.2) is 0 Å². The predicted octanol–water partition coefficient (Wildman–Crippen LogP) is 1.59. The Morgan fingerprint density at radius 2 is 1.88 bits per heavy atom. The summed E-state index contributed by atoms with van der Waals surface area (Å²) in [5.41, 5.74) is 6.66. The largest absolute Gasteiger partial charge is 0.358 e. The van der Waals surface area contributed by atoms with Gasteiger partial charge in [0.2, 0.25) is 5.91 Å². The molecule has 0 radical (unpaired) electrons. The van der Waals surface area contributed by atoms with E-state index in [-0.39, 0.29) is 5.91 Å². The first-order chi connectivity index (χ1) is 7.72. The van der Waals surface area contributed by atoms with Crippen molar-refractivity contribution in [3.63, 3.8) is 0 Å². The normalized spacial score (nSPS) is 12.4. The smallest absolute Gasteiger partial charge is 0.241 e. The second-order valence-electron chi connectivity index (χ2n) is 3.70. The van der Waals surface area contributed by atoms with Crippen molar-refractivity contribution in [3.8, 4) is 0 Å². The van der Waals surface area contributed by atoms with Gasteiger partial charge >= 0.3 is 0 Å². The van der Waals surface area contributed by atoms with Crippen LogP contribution < -0.4 is 11.1 Å². The Bertz CT molecular complexity index is 522. The Hall–Kier alpha value is -1.87. The van der Waals surface area contributed by atoms with Crippen LogP contribution in [0.1, 0.15) is 11.6 Å². The summed E-state index contributed by atoms with van der Waals surface area (Å²) in [6.45, 7) is 0. The Morgan fingerprint density at radius 3 is 2.56 bits per heavy atom. The van der Waals surface area contributed by atoms with Gasteiger partial charge in [0.15, 0.2) is 0 Å².